The van der Waals surface area contributed by atoms with Crippen LogP contribution in [0.2, 0.25) is 0 Å². The van der Waals surface area contributed by atoms with Crippen LogP contribution < -0.4 is 4.90 Å². The molecule has 29 heavy (non-hydrogen) atoms. The van der Waals surface area contributed by atoms with E-state index in [0.717, 1.165) is 55.2 Å². The van der Waals surface area contributed by atoms with E-state index in [1.807, 2.05) is 48.5 Å². The molecule has 0 unspecified atom stereocenters. The lowest BCUT2D eigenvalue weighted by molar-refractivity contribution is 0.0766. The zero-order valence-electron chi connectivity index (χ0n) is 17.4. The topological polar surface area (TPSA) is 41.4 Å². The van der Waals surface area contributed by atoms with Gasteiger partial charge in [0.2, 0.25) is 0 Å². The minimum atomic E-state index is 0.133. The van der Waals surface area contributed by atoms with E-state index in [-0.39, 0.29) is 5.91 Å². The zero-order chi connectivity index (χ0) is 20.4. The van der Waals surface area contributed by atoms with Gasteiger partial charge >= 0.3 is 0 Å². The lowest BCUT2D eigenvalue weighted by atomic mass is 10.2. The van der Waals surface area contributed by atoms with E-state index in [4.69, 9.17) is 0 Å². The van der Waals surface area contributed by atoms with Crippen molar-refractivity contribution in [3.05, 3.63) is 77.4 Å². The van der Waals surface area contributed by atoms with Gasteiger partial charge in [-0.05, 0) is 57.0 Å². The molecule has 5 nitrogen and oxygen atoms in total. The van der Waals surface area contributed by atoms with Gasteiger partial charge in [0.25, 0.3) is 5.91 Å². The molecule has 0 atom stereocenters. The molecule has 1 aromatic carbocycles. The molecule has 4 rings (SSSR count). The summed E-state index contributed by atoms with van der Waals surface area (Å²) in [7, 11) is 0. The monoisotopic (exact) mass is 388 g/mol. The molecular formula is C24H28N4O. The smallest absolute Gasteiger partial charge is 0.255 e. The highest BCUT2D eigenvalue weighted by Crippen LogP contribution is 2.24. The summed E-state index contributed by atoms with van der Waals surface area (Å²) in [4.78, 5) is 21.9. The SMILES string of the molecule is Cc1cnccc1N1CCCN(C(=O)c2cc(C)n(-c3ccccc3)c2C)CC1. The number of nitrogens with zero attached hydrogens (tertiary/aromatic N) is 4. The fourth-order valence-corrected chi connectivity index (χ4v) is 4.31. The normalized spacial score (nSPS) is 14.7. The first-order chi connectivity index (χ1) is 14.1. The van der Waals surface area contributed by atoms with Crippen molar-refractivity contribution in [2.24, 2.45) is 0 Å². The van der Waals surface area contributed by atoms with Gasteiger partial charge in [-0.15, -0.1) is 0 Å². The van der Waals surface area contributed by atoms with Crippen LogP contribution in [-0.4, -0.2) is 46.5 Å². The zero-order valence-corrected chi connectivity index (χ0v) is 17.4. The third kappa shape index (κ3) is 3.77. The highest BCUT2D eigenvalue weighted by molar-refractivity contribution is 5.96. The van der Waals surface area contributed by atoms with Gasteiger partial charge in [0.15, 0.2) is 0 Å². The predicted octanol–water partition coefficient (Wildman–Crippen LogP) is 4.15. The Bertz CT molecular complexity index is 1010. The van der Waals surface area contributed by atoms with Crippen LogP contribution >= 0.6 is 0 Å². The van der Waals surface area contributed by atoms with E-state index in [9.17, 15) is 4.79 Å². The van der Waals surface area contributed by atoms with Gasteiger partial charge in [-0.1, -0.05) is 18.2 Å². The molecule has 0 bridgehead atoms. The number of hydrogen-bond acceptors (Lipinski definition) is 3. The molecule has 5 heteroatoms. The van der Waals surface area contributed by atoms with Crippen LogP contribution in [0.5, 0.6) is 0 Å². The number of benzene rings is 1. The second kappa shape index (κ2) is 8.11. The lowest BCUT2D eigenvalue weighted by Gasteiger charge is -2.25. The van der Waals surface area contributed by atoms with Crippen LogP contribution in [0.1, 0.15) is 33.7 Å². The van der Waals surface area contributed by atoms with Crippen LogP contribution in [0, 0.1) is 20.8 Å². The number of pyridine rings is 1. The van der Waals surface area contributed by atoms with Crippen LogP contribution in [0.3, 0.4) is 0 Å². The number of aromatic nitrogens is 2. The number of anilines is 1. The highest BCUT2D eigenvalue weighted by Gasteiger charge is 2.24. The van der Waals surface area contributed by atoms with E-state index in [1.54, 1.807) is 0 Å². The van der Waals surface area contributed by atoms with Crippen LogP contribution in [0.25, 0.3) is 5.69 Å². The van der Waals surface area contributed by atoms with Crippen LogP contribution in [0.15, 0.2) is 54.9 Å². The standard InChI is InChI=1S/C24H28N4O/c1-18-17-25-11-10-23(18)26-12-7-13-27(15-14-26)24(29)22-16-19(2)28(20(22)3)21-8-5-4-6-9-21/h4-6,8-11,16-17H,7,12-15H2,1-3H3. The Morgan fingerprint density at radius 2 is 1.76 bits per heavy atom. The fourth-order valence-electron chi connectivity index (χ4n) is 4.31. The minimum Gasteiger partial charge on any atom is -0.369 e. The van der Waals surface area contributed by atoms with Gasteiger partial charge in [-0.3, -0.25) is 9.78 Å². The third-order valence-electron chi connectivity index (χ3n) is 5.79. The van der Waals surface area contributed by atoms with Crippen LogP contribution in [-0.2, 0) is 0 Å². The molecule has 1 amide bonds. The first-order valence-electron chi connectivity index (χ1n) is 10.3. The average Bonchev–Trinajstić information content (AvgIpc) is 2.89. The largest absolute Gasteiger partial charge is 0.369 e. The molecule has 1 aliphatic rings. The summed E-state index contributed by atoms with van der Waals surface area (Å²) in [6.45, 7) is 9.51. The number of para-hydroxylation sites is 1. The number of amides is 1. The summed E-state index contributed by atoms with van der Waals surface area (Å²) in [5.74, 6) is 0.133. The quantitative estimate of drug-likeness (QED) is 0.677. The molecule has 1 saturated heterocycles. The lowest BCUT2D eigenvalue weighted by Crippen LogP contribution is -2.35. The Morgan fingerprint density at radius 3 is 2.52 bits per heavy atom. The summed E-state index contributed by atoms with van der Waals surface area (Å²) in [6.07, 6.45) is 4.71. The molecule has 3 aromatic rings. The molecule has 1 fully saturated rings. The van der Waals surface area contributed by atoms with E-state index >= 15 is 0 Å². The molecule has 3 heterocycles. The summed E-state index contributed by atoms with van der Waals surface area (Å²) >= 11 is 0. The maximum absolute atomic E-state index is 13.4. The molecule has 0 radical (unpaired) electrons. The van der Waals surface area contributed by atoms with Gasteiger partial charge in [-0.25, -0.2) is 0 Å². The Morgan fingerprint density at radius 1 is 0.966 bits per heavy atom. The van der Waals surface area contributed by atoms with Crippen LogP contribution in [0.4, 0.5) is 5.69 Å². The summed E-state index contributed by atoms with van der Waals surface area (Å²) in [6, 6.07) is 14.3. The third-order valence-corrected chi connectivity index (χ3v) is 5.79. The highest BCUT2D eigenvalue weighted by atomic mass is 16.2. The number of aryl methyl sites for hydroxylation is 2. The van der Waals surface area contributed by atoms with Gasteiger partial charge in [0.1, 0.15) is 0 Å². The van der Waals surface area contributed by atoms with Gasteiger partial charge in [0.05, 0.1) is 5.56 Å². The van der Waals surface area contributed by atoms with Crippen molar-refractivity contribution in [1.82, 2.24) is 14.5 Å². The van der Waals surface area contributed by atoms with Crippen molar-refractivity contribution in [1.29, 1.82) is 0 Å². The molecule has 0 N–H and O–H groups in total. The maximum atomic E-state index is 13.4. The molecule has 2 aromatic heterocycles. The van der Waals surface area contributed by atoms with E-state index in [2.05, 4.69) is 46.5 Å². The van der Waals surface area contributed by atoms with E-state index < -0.39 is 0 Å². The van der Waals surface area contributed by atoms with Gasteiger partial charge in [-0.2, -0.15) is 0 Å². The summed E-state index contributed by atoms with van der Waals surface area (Å²) < 4.78 is 2.16. The van der Waals surface area contributed by atoms with Crippen molar-refractivity contribution < 1.29 is 4.79 Å². The number of carbonyl (C=O) groups excluding carboxylic acids is 1. The average molecular weight is 389 g/mol. The van der Waals surface area contributed by atoms with Crippen molar-refractivity contribution >= 4 is 11.6 Å². The minimum absolute atomic E-state index is 0.133. The molecule has 0 spiro atoms. The van der Waals surface area contributed by atoms with Crippen molar-refractivity contribution in [2.75, 3.05) is 31.1 Å². The summed E-state index contributed by atoms with van der Waals surface area (Å²) in [5, 5.41) is 0. The molecular weight excluding hydrogens is 360 g/mol. The van der Waals surface area contributed by atoms with E-state index in [1.165, 1.54) is 11.3 Å². The summed E-state index contributed by atoms with van der Waals surface area (Å²) in [5.41, 5.74) is 6.39. The van der Waals surface area contributed by atoms with Crippen molar-refractivity contribution in [3.8, 4) is 5.69 Å². The molecule has 1 aliphatic heterocycles. The Labute approximate surface area is 172 Å². The maximum Gasteiger partial charge on any atom is 0.255 e. The number of rotatable bonds is 3. The number of carbonyl (C=O) groups is 1. The molecule has 0 aliphatic carbocycles. The van der Waals surface area contributed by atoms with Crippen molar-refractivity contribution in [2.45, 2.75) is 27.2 Å². The predicted molar refractivity (Wildman–Crippen MR) is 117 cm³/mol. The van der Waals surface area contributed by atoms with Gasteiger partial charge in [0, 0.05) is 61.3 Å². The second-order valence-electron chi connectivity index (χ2n) is 7.75. The molecule has 0 saturated carbocycles. The first kappa shape index (κ1) is 19.2. The molecule has 150 valence electrons. The van der Waals surface area contributed by atoms with Gasteiger partial charge < -0.3 is 14.4 Å². The fraction of sp³-hybridized carbons (Fsp3) is 0.333. The Hall–Kier alpha value is -3.08. The number of hydrogen-bond donors (Lipinski definition) is 0. The second-order valence-corrected chi connectivity index (χ2v) is 7.75. The van der Waals surface area contributed by atoms with Crippen molar-refractivity contribution in [3.63, 3.8) is 0 Å². The Balaban J connectivity index is 1.54. The first-order valence-corrected chi connectivity index (χ1v) is 10.3. The van der Waals surface area contributed by atoms with E-state index in [0.29, 0.717) is 0 Å². The Kier molecular flexibility index (Phi) is 5.38.